The van der Waals surface area contributed by atoms with E-state index in [0.717, 1.165) is 24.2 Å². The zero-order valence-corrected chi connectivity index (χ0v) is 14.6. The third-order valence-electron chi connectivity index (χ3n) is 3.99. The van der Waals surface area contributed by atoms with Crippen molar-refractivity contribution in [1.29, 1.82) is 0 Å². The number of hydrogen-bond acceptors (Lipinski definition) is 3. The number of benzene rings is 1. The summed E-state index contributed by atoms with van der Waals surface area (Å²) in [5.41, 5.74) is 2.03. The third-order valence-corrected chi connectivity index (χ3v) is 3.99. The van der Waals surface area contributed by atoms with Gasteiger partial charge in [-0.1, -0.05) is 30.3 Å². The fourth-order valence-electron chi connectivity index (χ4n) is 2.83. The molecule has 0 spiro atoms. The molecule has 1 aliphatic rings. The lowest BCUT2D eigenvalue weighted by molar-refractivity contribution is 0.251. The highest BCUT2D eigenvalue weighted by molar-refractivity contribution is 5.88. The molecule has 1 fully saturated rings. The van der Waals surface area contributed by atoms with E-state index in [0.29, 0.717) is 24.9 Å². The van der Waals surface area contributed by atoms with Crippen LogP contribution >= 0.6 is 12.4 Å². The first-order valence-corrected chi connectivity index (χ1v) is 8.07. The standard InChI is InChI=1S/C17H23N5O.ClH/c1-13-10-16(20-17(23)19-11-15-8-5-9-18-15)22(21-13)12-14-6-3-2-4-7-14;/h2-4,6-7,10,15,18H,5,8-9,11-12H2,1H3,(H2,19,20,23);1H/t15-;/m0./s1. The molecule has 2 amide bonds. The van der Waals surface area contributed by atoms with Gasteiger partial charge in [-0.2, -0.15) is 5.10 Å². The summed E-state index contributed by atoms with van der Waals surface area (Å²) in [5, 5.41) is 13.6. The molecule has 130 valence electrons. The van der Waals surface area contributed by atoms with E-state index in [1.807, 2.05) is 48.0 Å². The third kappa shape index (κ3) is 4.97. The van der Waals surface area contributed by atoms with E-state index in [9.17, 15) is 4.79 Å². The summed E-state index contributed by atoms with van der Waals surface area (Å²) in [5.74, 6) is 0.711. The number of carbonyl (C=O) groups is 1. The van der Waals surface area contributed by atoms with Crippen LogP contribution in [0.4, 0.5) is 10.6 Å². The number of urea groups is 1. The van der Waals surface area contributed by atoms with E-state index in [1.54, 1.807) is 0 Å². The smallest absolute Gasteiger partial charge is 0.320 e. The van der Waals surface area contributed by atoms with Gasteiger partial charge in [0, 0.05) is 18.7 Å². The molecule has 2 aromatic rings. The second-order valence-electron chi connectivity index (χ2n) is 5.94. The normalized spacial score (nSPS) is 16.5. The summed E-state index contributed by atoms with van der Waals surface area (Å²) in [6.45, 7) is 4.25. The molecule has 0 radical (unpaired) electrons. The van der Waals surface area contributed by atoms with Gasteiger partial charge in [0.05, 0.1) is 12.2 Å². The Kier molecular flexibility index (Phi) is 6.63. The molecule has 1 atom stereocenters. The molecule has 3 N–H and O–H groups in total. The first-order chi connectivity index (χ1) is 11.2. The predicted octanol–water partition coefficient (Wildman–Crippen LogP) is 2.54. The summed E-state index contributed by atoms with van der Waals surface area (Å²) in [7, 11) is 0. The highest BCUT2D eigenvalue weighted by Gasteiger charge is 2.15. The van der Waals surface area contributed by atoms with Crippen molar-refractivity contribution >= 4 is 24.3 Å². The molecule has 1 aliphatic heterocycles. The average molecular weight is 350 g/mol. The van der Waals surface area contributed by atoms with Crippen molar-refractivity contribution in [1.82, 2.24) is 20.4 Å². The minimum atomic E-state index is -0.187. The van der Waals surface area contributed by atoms with E-state index in [-0.39, 0.29) is 18.4 Å². The van der Waals surface area contributed by atoms with Gasteiger partial charge < -0.3 is 10.6 Å². The maximum Gasteiger partial charge on any atom is 0.320 e. The van der Waals surface area contributed by atoms with Gasteiger partial charge in [-0.3, -0.25) is 5.32 Å². The summed E-state index contributed by atoms with van der Waals surface area (Å²) in [4.78, 5) is 12.1. The van der Waals surface area contributed by atoms with Gasteiger partial charge in [-0.25, -0.2) is 9.48 Å². The number of nitrogens with zero attached hydrogens (tertiary/aromatic N) is 2. The van der Waals surface area contributed by atoms with Crippen LogP contribution in [0.25, 0.3) is 0 Å². The summed E-state index contributed by atoms with van der Waals surface area (Å²) < 4.78 is 1.82. The zero-order chi connectivity index (χ0) is 16.1. The van der Waals surface area contributed by atoms with Crippen LogP contribution in [0.3, 0.4) is 0 Å². The van der Waals surface area contributed by atoms with Crippen LogP contribution in [0.15, 0.2) is 36.4 Å². The minimum absolute atomic E-state index is 0. The Morgan fingerprint density at radius 3 is 2.88 bits per heavy atom. The van der Waals surface area contributed by atoms with E-state index < -0.39 is 0 Å². The van der Waals surface area contributed by atoms with E-state index >= 15 is 0 Å². The van der Waals surface area contributed by atoms with Crippen molar-refractivity contribution in [3.05, 3.63) is 47.7 Å². The second-order valence-corrected chi connectivity index (χ2v) is 5.94. The lowest BCUT2D eigenvalue weighted by Crippen LogP contribution is -2.39. The number of aromatic nitrogens is 2. The Morgan fingerprint density at radius 1 is 1.38 bits per heavy atom. The molecule has 1 saturated heterocycles. The number of amides is 2. The topological polar surface area (TPSA) is 71.0 Å². The minimum Gasteiger partial charge on any atom is -0.336 e. The van der Waals surface area contributed by atoms with Crippen LogP contribution in [-0.4, -0.2) is 34.9 Å². The lowest BCUT2D eigenvalue weighted by Gasteiger charge is -2.13. The molecular formula is C17H24ClN5O. The number of carbonyl (C=O) groups excluding carboxylic acids is 1. The van der Waals surface area contributed by atoms with Crippen LogP contribution in [-0.2, 0) is 6.54 Å². The number of nitrogens with one attached hydrogen (secondary N) is 3. The first-order valence-electron chi connectivity index (χ1n) is 8.07. The molecule has 0 unspecified atom stereocenters. The lowest BCUT2D eigenvalue weighted by atomic mass is 10.2. The van der Waals surface area contributed by atoms with E-state index in [4.69, 9.17) is 0 Å². The quantitative estimate of drug-likeness (QED) is 0.776. The largest absolute Gasteiger partial charge is 0.336 e. The van der Waals surface area contributed by atoms with Crippen molar-refractivity contribution in [2.45, 2.75) is 32.4 Å². The zero-order valence-electron chi connectivity index (χ0n) is 13.8. The molecule has 7 heteroatoms. The fourth-order valence-corrected chi connectivity index (χ4v) is 2.83. The van der Waals surface area contributed by atoms with Crippen LogP contribution in [0.1, 0.15) is 24.1 Å². The Hall–Kier alpha value is -2.05. The van der Waals surface area contributed by atoms with Crippen LogP contribution in [0.2, 0.25) is 0 Å². The number of halogens is 1. The predicted molar refractivity (Wildman–Crippen MR) is 97.8 cm³/mol. The molecule has 1 aromatic heterocycles. The molecule has 0 aliphatic carbocycles. The molecule has 6 nitrogen and oxygen atoms in total. The van der Waals surface area contributed by atoms with Crippen molar-refractivity contribution in [3.8, 4) is 0 Å². The van der Waals surface area contributed by atoms with Gasteiger partial charge >= 0.3 is 6.03 Å². The number of hydrogen-bond donors (Lipinski definition) is 3. The maximum atomic E-state index is 12.1. The summed E-state index contributed by atoms with van der Waals surface area (Å²) in [6.07, 6.45) is 2.29. The SMILES string of the molecule is Cc1cc(NC(=O)NC[C@@H]2CCCN2)n(Cc2ccccc2)n1.Cl. The highest BCUT2D eigenvalue weighted by atomic mass is 35.5. The van der Waals surface area contributed by atoms with Crippen molar-refractivity contribution in [2.24, 2.45) is 0 Å². The van der Waals surface area contributed by atoms with Crippen LogP contribution in [0, 0.1) is 6.92 Å². The Morgan fingerprint density at radius 2 is 2.17 bits per heavy atom. The fraction of sp³-hybridized carbons (Fsp3) is 0.412. The molecule has 0 saturated carbocycles. The molecule has 24 heavy (non-hydrogen) atoms. The highest BCUT2D eigenvalue weighted by Crippen LogP contribution is 2.13. The molecule has 0 bridgehead atoms. The van der Waals surface area contributed by atoms with Crippen LogP contribution < -0.4 is 16.0 Å². The van der Waals surface area contributed by atoms with Crippen molar-refractivity contribution in [2.75, 3.05) is 18.4 Å². The summed E-state index contributed by atoms with van der Waals surface area (Å²) in [6, 6.07) is 12.2. The Bertz CT molecular complexity index is 652. The van der Waals surface area contributed by atoms with E-state index in [1.165, 1.54) is 6.42 Å². The first kappa shape index (κ1) is 18.3. The summed E-state index contributed by atoms with van der Waals surface area (Å²) >= 11 is 0. The van der Waals surface area contributed by atoms with Gasteiger partial charge in [-0.15, -0.1) is 12.4 Å². The van der Waals surface area contributed by atoms with Crippen molar-refractivity contribution < 1.29 is 4.79 Å². The molecule has 3 rings (SSSR count). The molecule has 2 heterocycles. The van der Waals surface area contributed by atoms with Gasteiger partial charge in [-0.05, 0) is 31.9 Å². The molecule has 1 aromatic carbocycles. The average Bonchev–Trinajstić information content (AvgIpc) is 3.17. The maximum absolute atomic E-state index is 12.1. The number of aryl methyl sites for hydroxylation is 1. The van der Waals surface area contributed by atoms with E-state index in [2.05, 4.69) is 21.0 Å². The van der Waals surface area contributed by atoms with Gasteiger partial charge in [0.25, 0.3) is 0 Å². The number of anilines is 1. The van der Waals surface area contributed by atoms with Crippen molar-refractivity contribution in [3.63, 3.8) is 0 Å². The monoisotopic (exact) mass is 349 g/mol. The second kappa shape index (κ2) is 8.70. The Labute approximate surface area is 148 Å². The Balaban J connectivity index is 0.00000208. The van der Waals surface area contributed by atoms with Gasteiger partial charge in [0.15, 0.2) is 0 Å². The van der Waals surface area contributed by atoms with Gasteiger partial charge in [0.2, 0.25) is 0 Å². The van der Waals surface area contributed by atoms with Gasteiger partial charge in [0.1, 0.15) is 5.82 Å². The number of rotatable bonds is 5. The van der Waals surface area contributed by atoms with Crippen LogP contribution in [0.5, 0.6) is 0 Å². The molecular weight excluding hydrogens is 326 g/mol.